The topological polar surface area (TPSA) is 21.3 Å². The van der Waals surface area contributed by atoms with E-state index in [9.17, 15) is 0 Å². The second kappa shape index (κ2) is 6.65. The van der Waals surface area contributed by atoms with Crippen molar-refractivity contribution in [1.82, 2.24) is 5.32 Å². The number of nitrogens with one attached hydrogen (secondary N) is 1. The molecule has 1 atom stereocenters. The lowest BCUT2D eigenvalue weighted by atomic mass is 10.0. The summed E-state index contributed by atoms with van der Waals surface area (Å²) < 4.78 is 5.95. The Bertz CT molecular complexity index is 347. The Morgan fingerprint density at radius 2 is 1.94 bits per heavy atom. The Balaban J connectivity index is 2.71. The molecule has 1 rings (SSSR count). The molecular formula is C15H25NO. The highest BCUT2D eigenvalue weighted by Gasteiger charge is 2.09. The minimum absolute atomic E-state index is 0.505. The molecule has 0 spiro atoms. The first-order valence-corrected chi connectivity index (χ1v) is 6.42. The van der Waals surface area contributed by atoms with E-state index in [1.807, 2.05) is 7.05 Å². The van der Waals surface area contributed by atoms with E-state index < -0.39 is 0 Å². The number of benzene rings is 1. The fourth-order valence-corrected chi connectivity index (χ4v) is 1.88. The van der Waals surface area contributed by atoms with Crippen LogP contribution in [0.1, 0.15) is 37.8 Å². The molecule has 2 heteroatoms. The van der Waals surface area contributed by atoms with Crippen LogP contribution in [0.4, 0.5) is 0 Å². The van der Waals surface area contributed by atoms with E-state index in [2.05, 4.69) is 51.2 Å². The predicted octanol–water partition coefficient (Wildman–Crippen LogP) is 3.35. The molecule has 0 aliphatic rings. The van der Waals surface area contributed by atoms with Crippen molar-refractivity contribution < 1.29 is 4.74 Å². The van der Waals surface area contributed by atoms with Crippen LogP contribution in [0.15, 0.2) is 18.2 Å². The fourth-order valence-electron chi connectivity index (χ4n) is 1.88. The van der Waals surface area contributed by atoms with E-state index in [0.29, 0.717) is 11.8 Å². The van der Waals surface area contributed by atoms with Crippen molar-refractivity contribution in [3.63, 3.8) is 0 Å². The van der Waals surface area contributed by atoms with Gasteiger partial charge in [-0.15, -0.1) is 0 Å². The molecule has 96 valence electrons. The Morgan fingerprint density at radius 1 is 1.24 bits per heavy atom. The number of hydrogen-bond acceptors (Lipinski definition) is 2. The molecule has 0 saturated heterocycles. The van der Waals surface area contributed by atoms with Gasteiger partial charge in [0.1, 0.15) is 5.75 Å². The van der Waals surface area contributed by atoms with Gasteiger partial charge in [-0.1, -0.05) is 32.9 Å². The zero-order valence-corrected chi connectivity index (χ0v) is 11.7. The van der Waals surface area contributed by atoms with Gasteiger partial charge in [-0.3, -0.25) is 0 Å². The zero-order chi connectivity index (χ0) is 12.8. The first-order chi connectivity index (χ1) is 8.04. The Morgan fingerprint density at radius 3 is 2.53 bits per heavy atom. The van der Waals surface area contributed by atoms with E-state index in [1.165, 1.54) is 11.1 Å². The van der Waals surface area contributed by atoms with Gasteiger partial charge < -0.3 is 10.1 Å². The number of aryl methyl sites for hydroxylation is 1. The molecular weight excluding hydrogens is 210 g/mol. The second-order valence-electron chi connectivity index (χ2n) is 5.17. The molecule has 0 radical (unpaired) electrons. The first-order valence-electron chi connectivity index (χ1n) is 6.42. The minimum atomic E-state index is 0.505. The van der Waals surface area contributed by atoms with Gasteiger partial charge in [0, 0.05) is 12.5 Å². The molecule has 0 heterocycles. The summed E-state index contributed by atoms with van der Waals surface area (Å²) in [7, 11) is 1.97. The van der Waals surface area contributed by atoms with Crippen molar-refractivity contribution in [3.05, 3.63) is 29.3 Å². The first kappa shape index (κ1) is 14.0. The molecule has 1 aromatic carbocycles. The highest BCUT2D eigenvalue weighted by Crippen LogP contribution is 2.27. The lowest BCUT2D eigenvalue weighted by Crippen LogP contribution is -2.22. The Labute approximate surface area is 105 Å². The van der Waals surface area contributed by atoms with E-state index >= 15 is 0 Å². The second-order valence-corrected chi connectivity index (χ2v) is 5.17. The molecule has 0 bridgehead atoms. The Kier molecular flexibility index (Phi) is 5.49. The van der Waals surface area contributed by atoms with Crippen LogP contribution in [0.25, 0.3) is 0 Å². The summed E-state index contributed by atoms with van der Waals surface area (Å²) in [5.41, 5.74) is 2.55. The number of ether oxygens (including phenoxy) is 1. The third-order valence-electron chi connectivity index (χ3n) is 2.87. The summed E-state index contributed by atoms with van der Waals surface area (Å²) in [6.45, 7) is 10.5. The van der Waals surface area contributed by atoms with Crippen molar-refractivity contribution in [1.29, 1.82) is 0 Å². The van der Waals surface area contributed by atoms with Gasteiger partial charge in [0.05, 0.1) is 6.61 Å². The van der Waals surface area contributed by atoms with Gasteiger partial charge in [-0.2, -0.15) is 0 Å². The van der Waals surface area contributed by atoms with Crippen molar-refractivity contribution in [3.8, 4) is 5.75 Å². The molecule has 0 saturated carbocycles. The van der Waals surface area contributed by atoms with E-state index in [0.717, 1.165) is 18.9 Å². The maximum Gasteiger partial charge on any atom is 0.123 e. The monoisotopic (exact) mass is 235 g/mol. The summed E-state index contributed by atoms with van der Waals surface area (Å²) in [5, 5.41) is 3.17. The number of hydrogen-bond donors (Lipinski definition) is 1. The molecule has 0 aromatic heterocycles. The number of rotatable bonds is 6. The summed E-state index contributed by atoms with van der Waals surface area (Å²) >= 11 is 0. The summed E-state index contributed by atoms with van der Waals surface area (Å²) in [4.78, 5) is 0. The highest BCUT2D eigenvalue weighted by atomic mass is 16.5. The predicted molar refractivity (Wildman–Crippen MR) is 73.9 cm³/mol. The molecule has 0 aliphatic carbocycles. The summed E-state index contributed by atoms with van der Waals surface area (Å²) in [6, 6.07) is 6.47. The SMILES string of the molecule is CNCC(C)COc1cc(C)ccc1C(C)C. The average molecular weight is 235 g/mol. The smallest absolute Gasteiger partial charge is 0.123 e. The van der Waals surface area contributed by atoms with Gasteiger partial charge in [0.25, 0.3) is 0 Å². The van der Waals surface area contributed by atoms with E-state index in [4.69, 9.17) is 4.74 Å². The van der Waals surface area contributed by atoms with Crippen LogP contribution in [-0.4, -0.2) is 20.2 Å². The van der Waals surface area contributed by atoms with Gasteiger partial charge in [0.2, 0.25) is 0 Å². The minimum Gasteiger partial charge on any atom is -0.493 e. The maximum atomic E-state index is 5.95. The van der Waals surface area contributed by atoms with E-state index in [1.54, 1.807) is 0 Å². The van der Waals surface area contributed by atoms with Crippen LogP contribution in [0.3, 0.4) is 0 Å². The Hall–Kier alpha value is -1.02. The van der Waals surface area contributed by atoms with Crippen molar-refractivity contribution in [2.24, 2.45) is 5.92 Å². The van der Waals surface area contributed by atoms with Crippen molar-refractivity contribution in [2.75, 3.05) is 20.2 Å². The van der Waals surface area contributed by atoms with Crippen LogP contribution >= 0.6 is 0 Å². The van der Waals surface area contributed by atoms with Gasteiger partial charge in [-0.25, -0.2) is 0 Å². The quantitative estimate of drug-likeness (QED) is 0.816. The lowest BCUT2D eigenvalue weighted by Gasteiger charge is -2.17. The molecule has 0 fully saturated rings. The van der Waals surface area contributed by atoms with Crippen molar-refractivity contribution >= 4 is 0 Å². The molecule has 17 heavy (non-hydrogen) atoms. The van der Waals surface area contributed by atoms with Gasteiger partial charge in [0.15, 0.2) is 0 Å². The molecule has 2 nitrogen and oxygen atoms in total. The molecule has 0 amide bonds. The largest absolute Gasteiger partial charge is 0.493 e. The summed E-state index contributed by atoms with van der Waals surface area (Å²) in [6.07, 6.45) is 0. The average Bonchev–Trinajstić information content (AvgIpc) is 2.26. The standard InChI is InChI=1S/C15H25NO/c1-11(2)14-7-6-12(3)8-15(14)17-10-13(4)9-16-5/h6-8,11,13,16H,9-10H2,1-5H3. The third-order valence-corrected chi connectivity index (χ3v) is 2.87. The van der Waals surface area contributed by atoms with Gasteiger partial charge in [-0.05, 0) is 37.1 Å². The molecule has 1 aromatic rings. The van der Waals surface area contributed by atoms with Crippen LogP contribution < -0.4 is 10.1 Å². The highest BCUT2D eigenvalue weighted by molar-refractivity contribution is 5.39. The van der Waals surface area contributed by atoms with Crippen LogP contribution in [0, 0.1) is 12.8 Å². The van der Waals surface area contributed by atoms with E-state index in [-0.39, 0.29) is 0 Å². The van der Waals surface area contributed by atoms with Crippen LogP contribution in [-0.2, 0) is 0 Å². The molecule has 1 N–H and O–H groups in total. The molecule has 1 unspecified atom stereocenters. The lowest BCUT2D eigenvalue weighted by molar-refractivity contribution is 0.255. The third kappa shape index (κ3) is 4.39. The fraction of sp³-hybridized carbons (Fsp3) is 0.600. The van der Waals surface area contributed by atoms with Crippen molar-refractivity contribution in [2.45, 2.75) is 33.6 Å². The van der Waals surface area contributed by atoms with Gasteiger partial charge >= 0.3 is 0 Å². The normalized spacial score (nSPS) is 12.8. The maximum absolute atomic E-state index is 5.95. The van der Waals surface area contributed by atoms with Crippen LogP contribution in [0.5, 0.6) is 5.75 Å². The zero-order valence-electron chi connectivity index (χ0n) is 11.7. The molecule has 0 aliphatic heterocycles. The summed E-state index contributed by atoms with van der Waals surface area (Å²) in [5.74, 6) is 2.08. The van der Waals surface area contributed by atoms with Crippen LogP contribution in [0.2, 0.25) is 0 Å².